The number of amides is 5. The minimum absolute atomic E-state index is 0.0757. The fourth-order valence-corrected chi connectivity index (χ4v) is 5.55. The van der Waals surface area contributed by atoms with Gasteiger partial charge in [-0.2, -0.15) is 0 Å². The molecule has 0 unspecified atom stereocenters. The van der Waals surface area contributed by atoms with Crippen molar-refractivity contribution in [2.45, 2.75) is 38.6 Å². The maximum atomic E-state index is 13.1. The van der Waals surface area contributed by atoms with Crippen LogP contribution in [0.3, 0.4) is 0 Å². The second kappa shape index (κ2) is 11.3. The molecule has 3 saturated heterocycles. The summed E-state index contributed by atoms with van der Waals surface area (Å²) < 4.78 is 0. The Morgan fingerprint density at radius 2 is 1.54 bits per heavy atom. The fraction of sp³-hybridized carbons (Fsp3) is 0.448. The van der Waals surface area contributed by atoms with Crippen LogP contribution >= 0.6 is 0 Å². The van der Waals surface area contributed by atoms with Crippen LogP contribution in [0.2, 0.25) is 0 Å². The Morgan fingerprint density at radius 3 is 2.23 bits per heavy atom. The van der Waals surface area contributed by atoms with Crippen LogP contribution in [0.5, 0.6) is 0 Å². The van der Waals surface area contributed by atoms with E-state index in [1.165, 1.54) is 23.3 Å². The number of carbonyl (C=O) groups is 4. The van der Waals surface area contributed by atoms with Gasteiger partial charge in [0.05, 0.1) is 0 Å². The molecule has 0 spiro atoms. The van der Waals surface area contributed by atoms with Crippen LogP contribution in [0.1, 0.15) is 40.7 Å². The van der Waals surface area contributed by atoms with Gasteiger partial charge in [-0.05, 0) is 49.4 Å². The summed E-state index contributed by atoms with van der Waals surface area (Å²) in [5.41, 5.74) is 3.54. The van der Waals surface area contributed by atoms with E-state index in [0.29, 0.717) is 37.7 Å². The number of likely N-dealkylation sites (tertiary alicyclic amines) is 1. The SMILES string of the molecule is Cc1c(C(=O)N2CCCCC2)cccc1N1CCN(C(=O)ON2C(=O)[C@H](Cc3ccccc3)N(C)C2=O)CC1. The van der Waals surface area contributed by atoms with E-state index in [4.69, 9.17) is 4.84 Å². The van der Waals surface area contributed by atoms with Crippen LogP contribution in [-0.2, 0) is 16.1 Å². The van der Waals surface area contributed by atoms with Crippen molar-refractivity contribution in [3.63, 3.8) is 0 Å². The first kappa shape index (κ1) is 26.5. The predicted molar refractivity (Wildman–Crippen MR) is 145 cm³/mol. The molecule has 3 aliphatic heterocycles. The molecule has 5 amide bonds. The van der Waals surface area contributed by atoms with Crippen LogP contribution in [0.15, 0.2) is 48.5 Å². The van der Waals surface area contributed by atoms with Crippen LogP contribution in [0, 0.1) is 6.92 Å². The first-order valence-electron chi connectivity index (χ1n) is 13.6. The van der Waals surface area contributed by atoms with E-state index in [2.05, 4.69) is 4.90 Å². The first-order valence-corrected chi connectivity index (χ1v) is 13.6. The van der Waals surface area contributed by atoms with Gasteiger partial charge in [0.15, 0.2) is 0 Å². The van der Waals surface area contributed by atoms with Crippen molar-refractivity contribution in [3.8, 4) is 0 Å². The van der Waals surface area contributed by atoms with Crippen molar-refractivity contribution < 1.29 is 24.0 Å². The Labute approximate surface area is 228 Å². The zero-order valence-electron chi connectivity index (χ0n) is 22.5. The molecule has 39 heavy (non-hydrogen) atoms. The van der Waals surface area contributed by atoms with E-state index in [1.54, 1.807) is 0 Å². The highest BCUT2D eigenvalue weighted by Gasteiger charge is 2.46. The van der Waals surface area contributed by atoms with Crippen molar-refractivity contribution in [2.75, 3.05) is 51.2 Å². The van der Waals surface area contributed by atoms with Crippen LogP contribution in [0.25, 0.3) is 0 Å². The van der Waals surface area contributed by atoms with Crippen molar-refractivity contribution in [1.29, 1.82) is 0 Å². The Balaban J connectivity index is 1.19. The van der Waals surface area contributed by atoms with Crippen LogP contribution < -0.4 is 4.90 Å². The number of piperidine rings is 1. The molecule has 0 N–H and O–H groups in total. The molecule has 2 aromatic rings. The average Bonchev–Trinajstić information content (AvgIpc) is 3.16. The highest BCUT2D eigenvalue weighted by Crippen LogP contribution is 2.27. The summed E-state index contributed by atoms with van der Waals surface area (Å²) in [4.78, 5) is 63.9. The van der Waals surface area contributed by atoms with E-state index in [9.17, 15) is 19.2 Å². The quantitative estimate of drug-likeness (QED) is 0.548. The van der Waals surface area contributed by atoms with Gasteiger partial charge in [0.1, 0.15) is 6.04 Å². The second-order valence-corrected chi connectivity index (χ2v) is 10.4. The number of carbonyl (C=O) groups excluding carboxylic acids is 4. The zero-order valence-corrected chi connectivity index (χ0v) is 22.5. The third-order valence-corrected chi connectivity index (χ3v) is 7.93. The van der Waals surface area contributed by atoms with Gasteiger partial charge >= 0.3 is 12.1 Å². The minimum atomic E-state index is -0.729. The molecule has 0 aromatic heterocycles. The van der Waals surface area contributed by atoms with Crippen LogP contribution in [-0.4, -0.2) is 96.1 Å². The number of imide groups is 1. The van der Waals surface area contributed by atoms with Gasteiger partial charge in [0.2, 0.25) is 0 Å². The standard InChI is InChI=1S/C29H35N5O5/c1-21-23(26(35)32-14-7-4-8-15-32)12-9-13-24(21)31-16-18-33(19-17-31)29(38)39-34-27(36)25(30(2)28(34)37)20-22-10-5-3-6-11-22/h3,5-6,9-13,25H,4,7-8,14-20H2,1-2H3/t25-/m0/s1. The normalized spacial score (nSPS) is 20.1. The van der Waals surface area contributed by atoms with E-state index < -0.39 is 24.1 Å². The second-order valence-electron chi connectivity index (χ2n) is 10.4. The fourth-order valence-electron chi connectivity index (χ4n) is 5.55. The molecule has 3 heterocycles. The number of rotatable bonds is 5. The topological polar surface area (TPSA) is 93.7 Å². The summed E-state index contributed by atoms with van der Waals surface area (Å²) in [7, 11) is 1.53. The summed E-state index contributed by atoms with van der Waals surface area (Å²) in [6, 6.07) is 13.8. The molecular formula is C29H35N5O5. The molecule has 0 saturated carbocycles. The lowest BCUT2D eigenvalue weighted by Gasteiger charge is -2.36. The Hall–Kier alpha value is -4.08. The lowest BCUT2D eigenvalue weighted by molar-refractivity contribution is -0.151. The van der Waals surface area contributed by atoms with E-state index in [-0.39, 0.29) is 5.91 Å². The molecule has 1 atom stereocenters. The summed E-state index contributed by atoms with van der Waals surface area (Å²) >= 11 is 0. The van der Waals surface area contributed by atoms with Gasteiger partial charge in [0, 0.05) is 64.0 Å². The third-order valence-electron chi connectivity index (χ3n) is 7.93. The molecule has 2 aromatic carbocycles. The molecule has 3 aliphatic rings. The van der Waals surface area contributed by atoms with Gasteiger partial charge in [-0.1, -0.05) is 41.5 Å². The first-order chi connectivity index (χ1) is 18.8. The smallest absolute Gasteiger partial charge is 0.368 e. The summed E-state index contributed by atoms with van der Waals surface area (Å²) in [5.74, 6) is -0.476. The molecular weight excluding hydrogens is 498 g/mol. The average molecular weight is 534 g/mol. The number of anilines is 1. The van der Waals surface area contributed by atoms with Crippen LogP contribution in [0.4, 0.5) is 15.3 Å². The zero-order chi connectivity index (χ0) is 27.5. The molecule has 0 radical (unpaired) electrons. The monoisotopic (exact) mass is 533 g/mol. The number of hydroxylamine groups is 2. The van der Waals surface area contributed by atoms with Gasteiger partial charge in [-0.25, -0.2) is 9.59 Å². The van der Waals surface area contributed by atoms with E-state index in [0.717, 1.165) is 48.3 Å². The number of nitrogens with zero attached hydrogens (tertiary/aromatic N) is 5. The largest absolute Gasteiger partial charge is 0.434 e. The lowest BCUT2D eigenvalue weighted by atomic mass is 10.0. The number of likely N-dealkylation sites (N-methyl/N-ethyl adjacent to an activating group) is 1. The van der Waals surface area contributed by atoms with Gasteiger partial charge in [0.25, 0.3) is 11.8 Å². The highest BCUT2D eigenvalue weighted by molar-refractivity contribution is 6.03. The van der Waals surface area contributed by atoms with Crippen molar-refractivity contribution in [1.82, 2.24) is 19.8 Å². The Morgan fingerprint density at radius 1 is 0.846 bits per heavy atom. The van der Waals surface area contributed by atoms with Crippen molar-refractivity contribution in [3.05, 3.63) is 65.2 Å². The number of urea groups is 1. The van der Waals surface area contributed by atoms with E-state index >= 15 is 0 Å². The highest BCUT2D eigenvalue weighted by atomic mass is 16.7. The Bertz CT molecular complexity index is 1240. The molecule has 5 rings (SSSR count). The molecule has 0 bridgehead atoms. The number of benzene rings is 2. The summed E-state index contributed by atoms with van der Waals surface area (Å²) in [5, 5.41) is 0.585. The van der Waals surface area contributed by atoms with Gasteiger partial charge < -0.3 is 24.4 Å². The van der Waals surface area contributed by atoms with Gasteiger partial charge in [-0.15, -0.1) is 0 Å². The third kappa shape index (κ3) is 5.41. The molecule has 0 aliphatic carbocycles. The molecule has 10 heteroatoms. The van der Waals surface area contributed by atoms with Gasteiger partial charge in [-0.3, -0.25) is 9.59 Å². The van der Waals surface area contributed by atoms with Crippen molar-refractivity contribution in [2.24, 2.45) is 0 Å². The maximum Gasteiger partial charge on any atom is 0.434 e. The predicted octanol–water partition coefficient (Wildman–Crippen LogP) is 3.30. The number of hydrogen-bond acceptors (Lipinski definition) is 6. The summed E-state index contributed by atoms with van der Waals surface area (Å²) in [6.07, 6.45) is 2.87. The lowest BCUT2D eigenvalue weighted by Crippen LogP contribution is -2.51. The Kier molecular flexibility index (Phi) is 7.72. The number of piperazine rings is 1. The summed E-state index contributed by atoms with van der Waals surface area (Å²) in [6.45, 7) is 5.37. The molecule has 10 nitrogen and oxygen atoms in total. The molecule has 3 fully saturated rings. The van der Waals surface area contributed by atoms with E-state index in [1.807, 2.05) is 60.4 Å². The maximum absolute atomic E-state index is 13.1. The van der Waals surface area contributed by atoms with Crippen molar-refractivity contribution >= 4 is 29.6 Å². The number of hydrogen-bond donors (Lipinski definition) is 0. The molecule has 206 valence electrons. The minimum Gasteiger partial charge on any atom is -0.368 e.